The van der Waals surface area contributed by atoms with Crippen molar-refractivity contribution in [1.29, 1.82) is 0 Å². The fourth-order valence-electron chi connectivity index (χ4n) is 5.02. The minimum atomic E-state index is -1.41. The van der Waals surface area contributed by atoms with E-state index in [0.29, 0.717) is 5.56 Å². The monoisotopic (exact) mass is 661 g/mol. The Kier molecular flexibility index (Phi) is 12.6. The molecule has 0 bridgehead atoms. The van der Waals surface area contributed by atoms with Gasteiger partial charge in [-0.3, -0.25) is 9.59 Å². The Morgan fingerprint density at radius 3 is 1.81 bits per heavy atom. The van der Waals surface area contributed by atoms with Gasteiger partial charge in [-0.15, -0.1) is 0 Å². The maximum Gasteiger partial charge on any atom is 0.408 e. The second-order valence-corrected chi connectivity index (χ2v) is 13.4. The molecule has 3 unspecified atom stereocenters. The van der Waals surface area contributed by atoms with Gasteiger partial charge in [0.2, 0.25) is 11.8 Å². The van der Waals surface area contributed by atoms with E-state index >= 15 is 0 Å². The van der Waals surface area contributed by atoms with E-state index in [2.05, 4.69) is 10.6 Å². The van der Waals surface area contributed by atoms with Gasteiger partial charge in [0.15, 0.2) is 0 Å². The summed E-state index contributed by atoms with van der Waals surface area (Å²) in [6.45, 7) is 11.9. The molecule has 0 radical (unpaired) electrons. The molecule has 48 heavy (non-hydrogen) atoms. The Morgan fingerprint density at radius 2 is 1.25 bits per heavy atom. The van der Waals surface area contributed by atoms with Gasteiger partial charge in [0, 0.05) is 24.9 Å². The van der Waals surface area contributed by atoms with Crippen molar-refractivity contribution in [2.45, 2.75) is 90.6 Å². The molecule has 0 spiro atoms. The molecule has 0 aliphatic heterocycles. The number of amides is 3. The number of rotatable bonds is 12. The lowest BCUT2D eigenvalue weighted by Gasteiger charge is -2.35. The van der Waals surface area contributed by atoms with E-state index in [4.69, 9.17) is 9.47 Å². The van der Waals surface area contributed by atoms with Gasteiger partial charge in [0.05, 0.1) is 0 Å². The fourth-order valence-corrected chi connectivity index (χ4v) is 5.02. The van der Waals surface area contributed by atoms with E-state index in [1.807, 2.05) is 30.3 Å². The van der Waals surface area contributed by atoms with Crippen LogP contribution in [0.2, 0.25) is 0 Å². The molecule has 258 valence electrons. The lowest BCUT2D eigenvalue weighted by atomic mass is 9.98. The number of hydrogen-bond acceptors (Lipinski definition) is 8. The number of esters is 1. The number of phenolic OH excluding ortho intramolecular Hbond substituents is 2. The Balaban J connectivity index is 2.05. The van der Waals surface area contributed by atoms with Gasteiger partial charge in [-0.2, -0.15) is 0 Å². The van der Waals surface area contributed by atoms with Gasteiger partial charge >= 0.3 is 12.1 Å². The number of likely N-dealkylation sites (N-methyl/N-ethyl adjacent to an activating group) is 1. The molecule has 0 heterocycles. The summed E-state index contributed by atoms with van der Waals surface area (Å²) in [5.74, 6) is -2.25. The number of hydrogen-bond donors (Lipinski definition) is 4. The highest BCUT2D eigenvalue weighted by molar-refractivity contribution is 5.94. The lowest BCUT2D eigenvalue weighted by molar-refractivity contribution is -0.159. The SMILES string of the molecule is CCN(C(=O)C(Cc1ccc(O)cc1)NC(=O)OC(C)(C)C)C(C(=O)NC(Cc1ccccc1)C(=O)OC(C)(C)C)c1ccccc1O. The third-order valence-corrected chi connectivity index (χ3v) is 7.07. The van der Waals surface area contributed by atoms with Crippen LogP contribution in [0.4, 0.5) is 4.79 Å². The summed E-state index contributed by atoms with van der Waals surface area (Å²) < 4.78 is 11.1. The molecule has 0 aromatic heterocycles. The molecule has 11 nitrogen and oxygen atoms in total. The lowest BCUT2D eigenvalue weighted by Crippen LogP contribution is -2.55. The molecule has 0 aliphatic carbocycles. The zero-order valence-corrected chi connectivity index (χ0v) is 28.7. The molecule has 4 N–H and O–H groups in total. The standard InChI is InChI=1S/C37H47N3O8/c1-8-40(33(44)28(39-35(46)48-37(5,6)7)22-25-18-20-26(41)21-19-25)31(27-16-12-13-17-30(27)42)32(43)38-29(34(45)47-36(2,3)4)23-24-14-10-9-11-15-24/h9-21,28-29,31,41-42H,8,22-23H2,1-7H3,(H,38,43)(H,39,46). The second-order valence-electron chi connectivity index (χ2n) is 13.4. The predicted molar refractivity (Wildman–Crippen MR) is 181 cm³/mol. The zero-order valence-electron chi connectivity index (χ0n) is 28.7. The van der Waals surface area contributed by atoms with Crippen LogP contribution < -0.4 is 10.6 Å². The van der Waals surface area contributed by atoms with E-state index in [-0.39, 0.29) is 36.4 Å². The highest BCUT2D eigenvalue weighted by Gasteiger charge is 2.39. The van der Waals surface area contributed by atoms with Crippen molar-refractivity contribution in [3.05, 3.63) is 95.6 Å². The summed E-state index contributed by atoms with van der Waals surface area (Å²) in [6.07, 6.45) is -0.732. The average molecular weight is 662 g/mol. The van der Waals surface area contributed by atoms with Crippen LogP contribution >= 0.6 is 0 Å². The van der Waals surface area contributed by atoms with Gasteiger partial charge in [-0.1, -0.05) is 60.7 Å². The van der Waals surface area contributed by atoms with Crippen LogP contribution in [0.5, 0.6) is 11.5 Å². The van der Waals surface area contributed by atoms with Crippen LogP contribution in [0.3, 0.4) is 0 Å². The smallest absolute Gasteiger partial charge is 0.408 e. The fraction of sp³-hybridized carbons (Fsp3) is 0.405. The summed E-state index contributed by atoms with van der Waals surface area (Å²) in [5, 5.41) is 26.2. The molecule has 3 aromatic rings. The normalized spacial score (nSPS) is 13.4. The van der Waals surface area contributed by atoms with E-state index in [9.17, 15) is 29.4 Å². The zero-order chi connectivity index (χ0) is 35.6. The largest absolute Gasteiger partial charge is 0.508 e. The molecular formula is C37H47N3O8. The summed E-state index contributed by atoms with van der Waals surface area (Å²) >= 11 is 0. The minimum absolute atomic E-state index is 0.00148. The number of ether oxygens (including phenoxy) is 2. The number of aromatic hydroxyl groups is 2. The van der Waals surface area contributed by atoms with E-state index in [0.717, 1.165) is 5.56 Å². The summed E-state index contributed by atoms with van der Waals surface area (Å²) in [5.41, 5.74) is -0.183. The molecule has 0 saturated carbocycles. The van der Waals surface area contributed by atoms with Crippen molar-refractivity contribution in [3.63, 3.8) is 0 Å². The van der Waals surface area contributed by atoms with Crippen molar-refractivity contribution < 1.29 is 38.9 Å². The molecule has 3 aromatic carbocycles. The molecule has 0 fully saturated rings. The van der Waals surface area contributed by atoms with Gasteiger partial charge < -0.3 is 35.2 Å². The van der Waals surface area contributed by atoms with Crippen molar-refractivity contribution in [3.8, 4) is 11.5 Å². The first kappa shape index (κ1) is 37.4. The predicted octanol–water partition coefficient (Wildman–Crippen LogP) is 5.19. The molecule has 3 rings (SSSR count). The minimum Gasteiger partial charge on any atom is -0.508 e. The average Bonchev–Trinajstić information content (AvgIpc) is 2.99. The Morgan fingerprint density at radius 1 is 0.708 bits per heavy atom. The van der Waals surface area contributed by atoms with E-state index in [1.54, 1.807) is 72.7 Å². The first-order valence-electron chi connectivity index (χ1n) is 15.9. The quantitative estimate of drug-likeness (QED) is 0.193. The van der Waals surface area contributed by atoms with Crippen molar-refractivity contribution in [1.82, 2.24) is 15.5 Å². The molecule has 3 atom stereocenters. The number of para-hydroxylation sites is 1. The number of carbonyl (C=O) groups excluding carboxylic acids is 4. The third-order valence-electron chi connectivity index (χ3n) is 7.07. The molecule has 3 amide bonds. The number of benzene rings is 3. The summed E-state index contributed by atoms with van der Waals surface area (Å²) in [7, 11) is 0. The Hall–Kier alpha value is -5.06. The van der Waals surface area contributed by atoms with Gasteiger partial charge in [0.1, 0.15) is 40.8 Å². The van der Waals surface area contributed by atoms with Gasteiger partial charge in [-0.25, -0.2) is 9.59 Å². The Labute approximate surface area is 282 Å². The maximum absolute atomic E-state index is 14.4. The van der Waals surface area contributed by atoms with Crippen LogP contribution in [0.1, 0.15) is 71.2 Å². The first-order valence-corrected chi connectivity index (χ1v) is 15.9. The summed E-state index contributed by atoms with van der Waals surface area (Å²) in [4.78, 5) is 56.4. The van der Waals surface area contributed by atoms with Crippen LogP contribution in [-0.2, 0) is 36.7 Å². The highest BCUT2D eigenvalue weighted by Crippen LogP contribution is 2.30. The molecule has 0 saturated heterocycles. The second kappa shape index (κ2) is 16.2. The molecule has 0 aliphatic rings. The number of phenols is 2. The topological polar surface area (TPSA) is 154 Å². The van der Waals surface area contributed by atoms with Crippen LogP contribution in [0.25, 0.3) is 0 Å². The number of nitrogens with zero attached hydrogens (tertiary/aromatic N) is 1. The third kappa shape index (κ3) is 11.3. The van der Waals surface area contributed by atoms with Crippen LogP contribution in [0.15, 0.2) is 78.9 Å². The van der Waals surface area contributed by atoms with Crippen molar-refractivity contribution >= 4 is 23.9 Å². The van der Waals surface area contributed by atoms with Gasteiger partial charge in [-0.05, 0) is 77.8 Å². The summed E-state index contributed by atoms with van der Waals surface area (Å²) in [6, 6.07) is 17.6. The van der Waals surface area contributed by atoms with Crippen LogP contribution in [-0.4, -0.2) is 68.8 Å². The molecular weight excluding hydrogens is 614 g/mol. The Bertz CT molecular complexity index is 1550. The van der Waals surface area contributed by atoms with Crippen LogP contribution in [0, 0.1) is 0 Å². The number of alkyl carbamates (subject to hydrolysis) is 1. The van der Waals surface area contributed by atoms with Crippen molar-refractivity contribution in [2.24, 2.45) is 0 Å². The van der Waals surface area contributed by atoms with E-state index in [1.165, 1.54) is 29.2 Å². The van der Waals surface area contributed by atoms with Crippen molar-refractivity contribution in [2.75, 3.05) is 6.54 Å². The number of nitrogens with one attached hydrogen (secondary N) is 2. The van der Waals surface area contributed by atoms with E-state index < -0.39 is 53.2 Å². The first-order chi connectivity index (χ1) is 22.5. The molecule has 11 heteroatoms. The number of carbonyl (C=O) groups is 4. The van der Waals surface area contributed by atoms with Gasteiger partial charge in [0.25, 0.3) is 0 Å². The maximum atomic E-state index is 14.4. The highest BCUT2D eigenvalue weighted by atomic mass is 16.6.